The van der Waals surface area contributed by atoms with Gasteiger partial charge < -0.3 is 10.1 Å². The lowest BCUT2D eigenvalue weighted by Crippen LogP contribution is -2.43. The van der Waals surface area contributed by atoms with E-state index in [0.717, 1.165) is 29.2 Å². The highest BCUT2D eigenvalue weighted by molar-refractivity contribution is 6.30. The van der Waals surface area contributed by atoms with Crippen LogP contribution in [0.1, 0.15) is 39.0 Å². The van der Waals surface area contributed by atoms with Crippen LogP contribution in [0.4, 0.5) is 0 Å². The standard InChI is InChI=1S/C17H26ClNO/c1-3-13-6-4-5-7-16(13)17(19-2)12-20-15-10-8-14(18)9-11-15/h8-11,13,16-17,19H,3-7,12H2,1-2H3. The van der Waals surface area contributed by atoms with Gasteiger partial charge in [-0.1, -0.05) is 44.2 Å². The fraction of sp³-hybridized carbons (Fsp3) is 0.647. The first-order valence-corrected chi connectivity index (χ1v) is 8.18. The van der Waals surface area contributed by atoms with Gasteiger partial charge in [0.05, 0.1) is 0 Å². The zero-order chi connectivity index (χ0) is 14.4. The second-order valence-electron chi connectivity index (χ2n) is 5.78. The summed E-state index contributed by atoms with van der Waals surface area (Å²) >= 11 is 5.89. The zero-order valence-electron chi connectivity index (χ0n) is 12.6. The highest BCUT2D eigenvalue weighted by Gasteiger charge is 2.30. The van der Waals surface area contributed by atoms with Gasteiger partial charge in [0, 0.05) is 11.1 Å². The summed E-state index contributed by atoms with van der Waals surface area (Å²) in [6, 6.07) is 8.07. The van der Waals surface area contributed by atoms with Crippen LogP contribution in [0.5, 0.6) is 5.75 Å². The summed E-state index contributed by atoms with van der Waals surface area (Å²) in [4.78, 5) is 0. The van der Waals surface area contributed by atoms with E-state index >= 15 is 0 Å². The van der Waals surface area contributed by atoms with Crippen molar-refractivity contribution in [2.75, 3.05) is 13.7 Å². The van der Waals surface area contributed by atoms with Crippen LogP contribution in [0.25, 0.3) is 0 Å². The van der Waals surface area contributed by atoms with Gasteiger partial charge in [-0.2, -0.15) is 0 Å². The van der Waals surface area contributed by atoms with Gasteiger partial charge in [-0.15, -0.1) is 0 Å². The number of hydrogen-bond acceptors (Lipinski definition) is 2. The summed E-state index contributed by atoms with van der Waals surface area (Å²) in [6.45, 7) is 3.05. The lowest BCUT2D eigenvalue weighted by atomic mass is 9.74. The Hall–Kier alpha value is -0.730. The summed E-state index contributed by atoms with van der Waals surface area (Å²) in [7, 11) is 2.05. The van der Waals surface area contributed by atoms with Crippen LogP contribution in [-0.2, 0) is 0 Å². The molecule has 112 valence electrons. The molecule has 1 aliphatic rings. The zero-order valence-corrected chi connectivity index (χ0v) is 13.3. The van der Waals surface area contributed by atoms with Crippen LogP contribution < -0.4 is 10.1 Å². The average molecular weight is 296 g/mol. The first kappa shape index (κ1) is 15.7. The van der Waals surface area contributed by atoms with E-state index in [1.54, 1.807) is 0 Å². The van der Waals surface area contributed by atoms with Crippen LogP contribution in [0.2, 0.25) is 5.02 Å². The Bertz CT molecular complexity index is 392. The van der Waals surface area contributed by atoms with Crippen molar-refractivity contribution >= 4 is 11.6 Å². The van der Waals surface area contributed by atoms with Crippen molar-refractivity contribution in [2.45, 2.75) is 45.1 Å². The second-order valence-corrected chi connectivity index (χ2v) is 6.21. The summed E-state index contributed by atoms with van der Waals surface area (Å²) < 4.78 is 5.94. The maximum Gasteiger partial charge on any atom is 0.119 e. The number of nitrogens with one attached hydrogen (secondary N) is 1. The number of rotatable bonds is 6. The molecule has 0 aliphatic heterocycles. The summed E-state index contributed by atoms with van der Waals surface area (Å²) in [5, 5.41) is 4.22. The molecule has 0 aromatic heterocycles. The molecule has 20 heavy (non-hydrogen) atoms. The van der Waals surface area contributed by atoms with Crippen molar-refractivity contribution in [3.63, 3.8) is 0 Å². The molecule has 1 aromatic carbocycles. The molecule has 1 N–H and O–H groups in total. The van der Waals surface area contributed by atoms with Crippen molar-refractivity contribution in [1.29, 1.82) is 0 Å². The molecular weight excluding hydrogens is 270 g/mol. The molecular formula is C17H26ClNO. The molecule has 0 radical (unpaired) electrons. The third-order valence-corrected chi connectivity index (χ3v) is 4.88. The Balaban J connectivity index is 1.92. The molecule has 3 heteroatoms. The maximum atomic E-state index is 5.94. The number of likely N-dealkylation sites (N-methyl/N-ethyl adjacent to an activating group) is 1. The minimum atomic E-state index is 0.441. The van der Waals surface area contributed by atoms with Gasteiger partial charge >= 0.3 is 0 Å². The molecule has 1 aromatic rings. The van der Waals surface area contributed by atoms with Gasteiger partial charge in [0.2, 0.25) is 0 Å². The Morgan fingerprint density at radius 2 is 1.95 bits per heavy atom. The third-order valence-electron chi connectivity index (χ3n) is 4.62. The first-order valence-electron chi connectivity index (χ1n) is 7.80. The minimum Gasteiger partial charge on any atom is -0.492 e. The second kappa shape index (κ2) is 7.90. The lowest BCUT2D eigenvalue weighted by Gasteiger charge is -2.36. The number of hydrogen-bond donors (Lipinski definition) is 1. The molecule has 1 fully saturated rings. The van der Waals surface area contributed by atoms with Crippen molar-refractivity contribution in [3.8, 4) is 5.75 Å². The number of benzene rings is 1. The predicted octanol–water partition coefficient (Wildman–Crippen LogP) is 4.52. The van der Waals surface area contributed by atoms with Crippen LogP contribution in [0.3, 0.4) is 0 Å². The smallest absolute Gasteiger partial charge is 0.119 e. The molecule has 3 unspecified atom stereocenters. The summed E-state index contributed by atoms with van der Waals surface area (Å²) in [5.41, 5.74) is 0. The fourth-order valence-electron chi connectivity index (χ4n) is 3.41. The Kier molecular flexibility index (Phi) is 6.18. The number of halogens is 1. The highest BCUT2D eigenvalue weighted by atomic mass is 35.5. The molecule has 1 saturated carbocycles. The molecule has 2 rings (SSSR count). The minimum absolute atomic E-state index is 0.441. The lowest BCUT2D eigenvalue weighted by molar-refractivity contribution is 0.137. The molecule has 0 heterocycles. The average Bonchev–Trinajstić information content (AvgIpc) is 2.50. The summed E-state index contributed by atoms with van der Waals surface area (Å²) in [6.07, 6.45) is 6.74. The van der Waals surface area contributed by atoms with Gasteiger partial charge in [0.25, 0.3) is 0 Å². The Morgan fingerprint density at radius 3 is 2.60 bits per heavy atom. The van der Waals surface area contributed by atoms with E-state index in [2.05, 4.69) is 19.3 Å². The van der Waals surface area contributed by atoms with Gasteiger partial charge in [-0.25, -0.2) is 0 Å². The maximum absolute atomic E-state index is 5.94. The molecule has 0 saturated heterocycles. The van der Waals surface area contributed by atoms with E-state index in [0.29, 0.717) is 6.04 Å². The van der Waals surface area contributed by atoms with Crippen LogP contribution >= 0.6 is 11.6 Å². The molecule has 0 amide bonds. The van der Waals surface area contributed by atoms with Gasteiger partial charge in [0.1, 0.15) is 12.4 Å². The van der Waals surface area contributed by atoms with Crippen molar-refractivity contribution in [1.82, 2.24) is 5.32 Å². The van der Waals surface area contributed by atoms with E-state index < -0.39 is 0 Å². The fourth-order valence-corrected chi connectivity index (χ4v) is 3.54. The van der Waals surface area contributed by atoms with Crippen molar-refractivity contribution in [2.24, 2.45) is 11.8 Å². The Labute approximate surface area is 127 Å². The first-order chi connectivity index (χ1) is 9.74. The van der Waals surface area contributed by atoms with Crippen LogP contribution in [0, 0.1) is 11.8 Å². The van der Waals surface area contributed by atoms with Crippen LogP contribution in [-0.4, -0.2) is 19.7 Å². The molecule has 0 spiro atoms. The van der Waals surface area contributed by atoms with Gasteiger partial charge in [-0.3, -0.25) is 0 Å². The van der Waals surface area contributed by atoms with E-state index in [1.807, 2.05) is 24.3 Å². The van der Waals surface area contributed by atoms with Crippen LogP contribution in [0.15, 0.2) is 24.3 Å². The van der Waals surface area contributed by atoms with Gasteiger partial charge in [0.15, 0.2) is 0 Å². The monoisotopic (exact) mass is 295 g/mol. The highest BCUT2D eigenvalue weighted by Crippen LogP contribution is 2.34. The van der Waals surface area contributed by atoms with Gasteiger partial charge in [-0.05, 0) is 49.6 Å². The number of ether oxygens (including phenoxy) is 1. The predicted molar refractivity (Wildman–Crippen MR) is 85.5 cm³/mol. The molecule has 1 aliphatic carbocycles. The van der Waals surface area contributed by atoms with E-state index in [-0.39, 0.29) is 0 Å². The van der Waals surface area contributed by atoms with E-state index in [1.165, 1.54) is 32.1 Å². The topological polar surface area (TPSA) is 21.3 Å². The van der Waals surface area contributed by atoms with E-state index in [4.69, 9.17) is 16.3 Å². The molecule has 3 atom stereocenters. The molecule has 2 nitrogen and oxygen atoms in total. The third kappa shape index (κ3) is 4.13. The normalized spacial score (nSPS) is 24.4. The SMILES string of the molecule is CCC1CCCCC1C(COc1ccc(Cl)cc1)NC. The van der Waals surface area contributed by atoms with E-state index in [9.17, 15) is 0 Å². The quantitative estimate of drug-likeness (QED) is 0.833. The van der Waals surface area contributed by atoms with Crippen molar-refractivity contribution in [3.05, 3.63) is 29.3 Å². The largest absolute Gasteiger partial charge is 0.492 e. The molecule has 0 bridgehead atoms. The Morgan fingerprint density at radius 1 is 1.25 bits per heavy atom. The summed E-state index contributed by atoms with van der Waals surface area (Å²) in [5.74, 6) is 2.49. The van der Waals surface area contributed by atoms with Crippen molar-refractivity contribution < 1.29 is 4.74 Å².